The molecular weight excluding hydrogens is 366 g/mol. The molecule has 0 spiro atoms. The zero-order chi connectivity index (χ0) is 21.1. The van der Waals surface area contributed by atoms with Crippen molar-refractivity contribution in [1.29, 1.82) is 0 Å². The highest BCUT2D eigenvalue weighted by atomic mass is 16.2. The molecule has 1 aromatic carbocycles. The predicted octanol–water partition coefficient (Wildman–Crippen LogP) is 3.06. The standard InChI is InChI=1S/C21H27N3O3.C2H6/c1-13(2)23-9-7-14(8-10-23)15-3-4-17-16(11-15)12-24(21(17)27)18-5-6-19(25)22-20(18)26;1-2/h3-4,11,13-14,18H,5-10,12H2,1-2H3,(H,22,25,26);1-2H3. The molecule has 3 amide bonds. The predicted molar refractivity (Wildman–Crippen MR) is 113 cm³/mol. The number of carbonyl (C=O) groups is 3. The van der Waals surface area contributed by atoms with Gasteiger partial charge in [-0.2, -0.15) is 0 Å². The summed E-state index contributed by atoms with van der Waals surface area (Å²) < 4.78 is 0. The molecule has 4 rings (SSSR count). The first-order valence-electron chi connectivity index (χ1n) is 11.0. The molecular formula is C23H33N3O3. The Morgan fingerprint density at radius 3 is 2.34 bits per heavy atom. The molecule has 3 heterocycles. The van der Waals surface area contributed by atoms with Gasteiger partial charge in [-0.25, -0.2) is 0 Å². The molecule has 1 aromatic rings. The quantitative estimate of drug-likeness (QED) is 0.793. The fourth-order valence-electron chi connectivity index (χ4n) is 4.60. The number of imide groups is 1. The number of fused-ring (bicyclic) bond motifs is 1. The Balaban J connectivity index is 0.00000117. The summed E-state index contributed by atoms with van der Waals surface area (Å²) in [5.74, 6) is -0.171. The van der Waals surface area contributed by atoms with Crippen LogP contribution in [0.2, 0.25) is 0 Å². The first kappa shape index (κ1) is 21.5. The van der Waals surface area contributed by atoms with Crippen LogP contribution in [0.15, 0.2) is 18.2 Å². The van der Waals surface area contributed by atoms with Crippen molar-refractivity contribution in [3.8, 4) is 0 Å². The minimum absolute atomic E-state index is 0.0966. The average molecular weight is 400 g/mol. The van der Waals surface area contributed by atoms with E-state index in [1.54, 1.807) is 4.90 Å². The lowest BCUT2D eigenvalue weighted by Gasteiger charge is -2.34. The van der Waals surface area contributed by atoms with Crippen LogP contribution in [0.4, 0.5) is 0 Å². The van der Waals surface area contributed by atoms with E-state index in [0.717, 1.165) is 31.5 Å². The van der Waals surface area contributed by atoms with E-state index in [2.05, 4.69) is 36.2 Å². The molecule has 6 heteroatoms. The van der Waals surface area contributed by atoms with E-state index >= 15 is 0 Å². The molecule has 29 heavy (non-hydrogen) atoms. The van der Waals surface area contributed by atoms with Crippen molar-refractivity contribution in [2.75, 3.05) is 13.1 Å². The number of benzene rings is 1. The minimum Gasteiger partial charge on any atom is -0.322 e. The number of amides is 3. The lowest BCUT2D eigenvalue weighted by molar-refractivity contribution is -0.136. The molecule has 158 valence electrons. The summed E-state index contributed by atoms with van der Waals surface area (Å²) in [6.07, 6.45) is 2.98. The van der Waals surface area contributed by atoms with Crippen molar-refractivity contribution in [3.05, 3.63) is 34.9 Å². The number of nitrogens with zero attached hydrogens (tertiary/aromatic N) is 2. The van der Waals surface area contributed by atoms with Crippen LogP contribution in [-0.4, -0.2) is 52.7 Å². The molecule has 3 aliphatic heterocycles. The van der Waals surface area contributed by atoms with Gasteiger partial charge in [-0.05, 0) is 69.3 Å². The Morgan fingerprint density at radius 2 is 1.72 bits per heavy atom. The molecule has 0 aromatic heterocycles. The van der Waals surface area contributed by atoms with Crippen molar-refractivity contribution in [3.63, 3.8) is 0 Å². The van der Waals surface area contributed by atoms with Crippen LogP contribution in [0, 0.1) is 0 Å². The normalized spacial score (nSPS) is 23.0. The molecule has 1 unspecified atom stereocenters. The number of piperidine rings is 2. The highest BCUT2D eigenvalue weighted by molar-refractivity contribution is 6.05. The van der Waals surface area contributed by atoms with E-state index in [1.807, 2.05) is 19.9 Å². The maximum atomic E-state index is 12.8. The molecule has 3 aliphatic rings. The van der Waals surface area contributed by atoms with E-state index in [9.17, 15) is 14.4 Å². The molecule has 1 N–H and O–H groups in total. The van der Waals surface area contributed by atoms with Gasteiger partial charge in [-0.3, -0.25) is 19.7 Å². The third kappa shape index (κ3) is 4.37. The molecule has 2 saturated heterocycles. The number of hydrogen-bond donors (Lipinski definition) is 1. The Bertz CT molecular complexity index is 782. The van der Waals surface area contributed by atoms with Gasteiger partial charge in [-0.15, -0.1) is 0 Å². The molecule has 2 fully saturated rings. The summed E-state index contributed by atoms with van der Waals surface area (Å²) in [4.78, 5) is 40.5. The maximum absolute atomic E-state index is 12.8. The molecule has 6 nitrogen and oxygen atoms in total. The van der Waals surface area contributed by atoms with Crippen LogP contribution in [0.5, 0.6) is 0 Å². The second-order valence-electron chi connectivity index (χ2n) is 8.22. The summed E-state index contributed by atoms with van der Waals surface area (Å²) >= 11 is 0. The maximum Gasteiger partial charge on any atom is 0.255 e. The summed E-state index contributed by atoms with van der Waals surface area (Å²) in [6, 6.07) is 6.22. The van der Waals surface area contributed by atoms with Crippen LogP contribution < -0.4 is 5.32 Å². The van der Waals surface area contributed by atoms with Crippen molar-refractivity contribution in [1.82, 2.24) is 15.1 Å². The Kier molecular flexibility index (Phi) is 6.73. The number of rotatable bonds is 3. The lowest BCUT2D eigenvalue weighted by Crippen LogP contribution is -2.52. The van der Waals surface area contributed by atoms with Gasteiger partial charge in [0.15, 0.2) is 0 Å². The fourth-order valence-corrected chi connectivity index (χ4v) is 4.60. The fraction of sp³-hybridized carbons (Fsp3) is 0.609. The van der Waals surface area contributed by atoms with Crippen LogP contribution in [0.25, 0.3) is 0 Å². The van der Waals surface area contributed by atoms with Gasteiger partial charge >= 0.3 is 0 Å². The van der Waals surface area contributed by atoms with Crippen LogP contribution >= 0.6 is 0 Å². The topological polar surface area (TPSA) is 69.7 Å². The number of likely N-dealkylation sites (tertiary alicyclic amines) is 1. The van der Waals surface area contributed by atoms with E-state index in [-0.39, 0.29) is 24.1 Å². The van der Waals surface area contributed by atoms with Crippen LogP contribution in [0.3, 0.4) is 0 Å². The summed E-state index contributed by atoms with van der Waals surface area (Å²) in [7, 11) is 0. The van der Waals surface area contributed by atoms with Gasteiger partial charge in [0.25, 0.3) is 5.91 Å². The van der Waals surface area contributed by atoms with E-state index in [1.165, 1.54) is 5.56 Å². The average Bonchev–Trinajstić information content (AvgIpc) is 3.05. The molecule has 0 aliphatic carbocycles. The second-order valence-corrected chi connectivity index (χ2v) is 8.22. The number of hydrogen-bond acceptors (Lipinski definition) is 4. The van der Waals surface area contributed by atoms with E-state index in [4.69, 9.17) is 0 Å². The van der Waals surface area contributed by atoms with Crippen molar-refractivity contribution in [2.24, 2.45) is 0 Å². The summed E-state index contributed by atoms with van der Waals surface area (Å²) in [5, 5.41) is 2.35. The second kappa shape index (κ2) is 9.08. The van der Waals surface area contributed by atoms with Crippen molar-refractivity contribution in [2.45, 2.75) is 77.9 Å². The monoisotopic (exact) mass is 399 g/mol. The number of nitrogens with one attached hydrogen (secondary N) is 1. The van der Waals surface area contributed by atoms with Crippen LogP contribution in [0.1, 0.15) is 80.8 Å². The smallest absolute Gasteiger partial charge is 0.255 e. The third-order valence-electron chi connectivity index (χ3n) is 6.28. The first-order chi connectivity index (χ1) is 13.9. The zero-order valence-electron chi connectivity index (χ0n) is 18.0. The van der Waals surface area contributed by atoms with E-state index < -0.39 is 6.04 Å². The highest BCUT2D eigenvalue weighted by Crippen LogP contribution is 2.33. The Morgan fingerprint density at radius 1 is 1.03 bits per heavy atom. The van der Waals surface area contributed by atoms with Crippen LogP contribution in [-0.2, 0) is 16.1 Å². The summed E-state index contributed by atoms with van der Waals surface area (Å²) in [6.45, 7) is 11.2. The summed E-state index contributed by atoms with van der Waals surface area (Å²) in [5.41, 5.74) is 3.01. The third-order valence-corrected chi connectivity index (χ3v) is 6.28. The van der Waals surface area contributed by atoms with Gasteiger partial charge < -0.3 is 9.80 Å². The van der Waals surface area contributed by atoms with Gasteiger partial charge in [0.2, 0.25) is 11.8 Å². The molecule has 0 bridgehead atoms. The van der Waals surface area contributed by atoms with E-state index in [0.29, 0.717) is 30.5 Å². The van der Waals surface area contributed by atoms with Crippen molar-refractivity contribution >= 4 is 17.7 Å². The van der Waals surface area contributed by atoms with Gasteiger partial charge in [0, 0.05) is 24.6 Å². The minimum atomic E-state index is -0.541. The number of carbonyl (C=O) groups excluding carboxylic acids is 3. The first-order valence-corrected chi connectivity index (χ1v) is 11.0. The molecule has 0 radical (unpaired) electrons. The molecule has 0 saturated carbocycles. The van der Waals surface area contributed by atoms with Gasteiger partial charge in [0.1, 0.15) is 6.04 Å². The SMILES string of the molecule is CC.CC(C)N1CCC(c2ccc3c(c2)CN(C2CCC(=O)NC2=O)C3=O)CC1. The highest BCUT2D eigenvalue weighted by Gasteiger charge is 2.39. The van der Waals surface area contributed by atoms with Crippen molar-refractivity contribution < 1.29 is 14.4 Å². The van der Waals surface area contributed by atoms with Gasteiger partial charge in [0.05, 0.1) is 0 Å². The van der Waals surface area contributed by atoms with Gasteiger partial charge in [-0.1, -0.05) is 26.0 Å². The lowest BCUT2D eigenvalue weighted by atomic mass is 9.87. The largest absolute Gasteiger partial charge is 0.322 e. The Hall–Kier alpha value is -2.21. The Labute approximate surface area is 173 Å². The zero-order valence-corrected chi connectivity index (χ0v) is 18.0. The molecule has 1 atom stereocenters.